The third-order valence-electron chi connectivity index (χ3n) is 5.35. The number of hydrogen-bond donors (Lipinski definition) is 1. The summed E-state index contributed by atoms with van der Waals surface area (Å²) >= 11 is 0. The van der Waals surface area contributed by atoms with Crippen LogP contribution in [-0.4, -0.2) is 24.7 Å². The van der Waals surface area contributed by atoms with Gasteiger partial charge in [0.15, 0.2) is 0 Å². The van der Waals surface area contributed by atoms with E-state index in [2.05, 4.69) is 55.4 Å². The van der Waals surface area contributed by atoms with Crippen LogP contribution in [0.2, 0.25) is 0 Å². The maximum atomic E-state index is 12.1. The topological polar surface area (TPSA) is 44.7 Å². The van der Waals surface area contributed by atoms with E-state index in [1.807, 2.05) is 25.1 Å². The lowest BCUT2D eigenvalue weighted by atomic mass is 9.80. The number of benzene rings is 2. The van der Waals surface area contributed by atoms with E-state index < -0.39 is 0 Å². The van der Waals surface area contributed by atoms with Gasteiger partial charge in [0, 0.05) is 23.8 Å². The molecule has 4 heteroatoms. The molecule has 0 fully saturated rings. The van der Waals surface area contributed by atoms with Crippen molar-refractivity contribution in [2.45, 2.75) is 45.6 Å². The van der Waals surface area contributed by atoms with Gasteiger partial charge >= 0.3 is 0 Å². The summed E-state index contributed by atoms with van der Waals surface area (Å²) in [4.78, 5) is 14.5. The molecule has 3 rings (SSSR count). The number of aryl methyl sites for hydroxylation is 1. The highest BCUT2D eigenvalue weighted by atomic mass is 16.2. The molecule has 2 aromatic rings. The highest BCUT2D eigenvalue weighted by molar-refractivity contribution is 5.95. The van der Waals surface area contributed by atoms with Crippen molar-refractivity contribution in [2.24, 2.45) is 5.10 Å². The second kappa shape index (κ2) is 6.94. The fraction of sp³-hybridized carbons (Fsp3) is 0.364. The molecule has 1 heterocycles. The third-order valence-corrected chi connectivity index (χ3v) is 5.35. The van der Waals surface area contributed by atoms with Crippen LogP contribution in [0.4, 0.5) is 5.69 Å². The molecular weight excluding hydrogens is 322 g/mol. The molecule has 1 N–H and O–H groups in total. The van der Waals surface area contributed by atoms with Gasteiger partial charge in [0.2, 0.25) is 0 Å². The Balaban J connectivity index is 1.73. The number of carbonyl (C=O) groups excluding carboxylic acids is 1. The van der Waals surface area contributed by atoms with Crippen molar-refractivity contribution in [3.05, 3.63) is 64.7 Å². The molecule has 0 saturated heterocycles. The third kappa shape index (κ3) is 3.64. The lowest BCUT2D eigenvalue weighted by Crippen LogP contribution is -2.45. The quantitative estimate of drug-likeness (QED) is 0.656. The first-order valence-corrected chi connectivity index (χ1v) is 9.06. The summed E-state index contributed by atoms with van der Waals surface area (Å²) < 4.78 is 0. The Kier molecular flexibility index (Phi) is 4.86. The van der Waals surface area contributed by atoms with Crippen LogP contribution >= 0.6 is 0 Å². The van der Waals surface area contributed by atoms with Gasteiger partial charge in [0.25, 0.3) is 5.91 Å². The largest absolute Gasteiger partial charge is 0.369 e. The number of amides is 1. The number of hydrogen-bond acceptors (Lipinski definition) is 3. The summed E-state index contributed by atoms with van der Waals surface area (Å²) in [5.41, 5.74) is 8.09. The molecule has 0 bridgehead atoms. The molecule has 2 aromatic carbocycles. The van der Waals surface area contributed by atoms with Gasteiger partial charge in [0.1, 0.15) is 0 Å². The van der Waals surface area contributed by atoms with Gasteiger partial charge in [-0.3, -0.25) is 4.79 Å². The van der Waals surface area contributed by atoms with Gasteiger partial charge in [-0.2, -0.15) is 5.10 Å². The Morgan fingerprint density at radius 2 is 1.92 bits per heavy atom. The molecule has 136 valence electrons. The van der Waals surface area contributed by atoms with Crippen LogP contribution in [0.15, 0.2) is 47.6 Å². The van der Waals surface area contributed by atoms with E-state index in [9.17, 15) is 4.79 Å². The maximum Gasteiger partial charge on any atom is 0.271 e. The molecule has 26 heavy (non-hydrogen) atoms. The van der Waals surface area contributed by atoms with Crippen molar-refractivity contribution in [1.29, 1.82) is 0 Å². The molecule has 1 atom stereocenters. The fourth-order valence-electron chi connectivity index (χ4n) is 3.61. The molecule has 0 aliphatic carbocycles. The first kappa shape index (κ1) is 18.2. The Labute approximate surface area is 155 Å². The summed E-state index contributed by atoms with van der Waals surface area (Å²) in [7, 11) is 2.15. The predicted molar refractivity (Wildman–Crippen MR) is 108 cm³/mol. The van der Waals surface area contributed by atoms with E-state index >= 15 is 0 Å². The number of hydrazone groups is 1. The minimum atomic E-state index is -0.200. The fourth-order valence-corrected chi connectivity index (χ4v) is 3.61. The molecule has 1 aliphatic heterocycles. The molecule has 4 nitrogen and oxygen atoms in total. The van der Waals surface area contributed by atoms with Crippen LogP contribution in [-0.2, 0) is 0 Å². The van der Waals surface area contributed by atoms with Gasteiger partial charge < -0.3 is 4.90 Å². The zero-order valence-electron chi connectivity index (χ0n) is 16.2. The van der Waals surface area contributed by atoms with E-state index in [-0.39, 0.29) is 11.4 Å². The van der Waals surface area contributed by atoms with Crippen LogP contribution in [0.1, 0.15) is 60.2 Å². The van der Waals surface area contributed by atoms with Crippen molar-refractivity contribution in [1.82, 2.24) is 5.43 Å². The number of carbonyl (C=O) groups is 1. The minimum absolute atomic E-state index is 0.157. The monoisotopic (exact) mass is 349 g/mol. The number of rotatable bonds is 3. The van der Waals surface area contributed by atoms with Crippen molar-refractivity contribution in [3.8, 4) is 0 Å². The molecule has 0 spiro atoms. The van der Waals surface area contributed by atoms with Crippen LogP contribution in [0.3, 0.4) is 0 Å². The summed E-state index contributed by atoms with van der Waals surface area (Å²) in [5.74, 6) is 0.292. The SMILES string of the molecule is Cc1ccc(C(=O)N/N=C\c2ccc3c(c2)[C@@H](C)CC(C)(C)N3C)cc1. The maximum absolute atomic E-state index is 12.1. The van der Waals surface area contributed by atoms with Crippen molar-refractivity contribution < 1.29 is 4.79 Å². The smallest absolute Gasteiger partial charge is 0.271 e. The first-order chi connectivity index (χ1) is 12.3. The molecule has 0 unspecified atom stereocenters. The molecule has 0 saturated carbocycles. The van der Waals surface area contributed by atoms with E-state index in [0.29, 0.717) is 11.5 Å². The molecular formula is C22H27N3O. The highest BCUT2D eigenvalue weighted by Gasteiger charge is 2.33. The summed E-state index contributed by atoms with van der Waals surface area (Å²) in [5, 5.41) is 4.12. The molecule has 0 radical (unpaired) electrons. The highest BCUT2D eigenvalue weighted by Crippen LogP contribution is 2.42. The van der Waals surface area contributed by atoms with Crippen molar-refractivity contribution in [3.63, 3.8) is 0 Å². The number of nitrogens with zero attached hydrogens (tertiary/aromatic N) is 2. The lowest BCUT2D eigenvalue weighted by molar-refractivity contribution is 0.0955. The Morgan fingerprint density at radius 1 is 1.23 bits per heavy atom. The first-order valence-electron chi connectivity index (χ1n) is 9.06. The van der Waals surface area contributed by atoms with Crippen LogP contribution < -0.4 is 10.3 Å². The van der Waals surface area contributed by atoms with Gasteiger partial charge in [0.05, 0.1) is 6.21 Å². The average Bonchev–Trinajstić information content (AvgIpc) is 2.60. The number of nitrogens with one attached hydrogen (secondary N) is 1. The molecule has 0 aromatic heterocycles. The van der Waals surface area contributed by atoms with Gasteiger partial charge in [-0.1, -0.05) is 30.7 Å². The van der Waals surface area contributed by atoms with E-state index in [0.717, 1.165) is 17.5 Å². The summed E-state index contributed by atoms with van der Waals surface area (Å²) in [6, 6.07) is 13.8. The number of fused-ring (bicyclic) bond motifs is 1. The van der Waals surface area contributed by atoms with E-state index in [1.54, 1.807) is 18.3 Å². The zero-order valence-corrected chi connectivity index (χ0v) is 16.2. The van der Waals surface area contributed by atoms with E-state index in [4.69, 9.17) is 0 Å². The lowest BCUT2D eigenvalue weighted by Gasteiger charge is -2.45. The Morgan fingerprint density at radius 3 is 2.62 bits per heavy atom. The zero-order chi connectivity index (χ0) is 18.9. The second-order valence-corrected chi connectivity index (χ2v) is 7.86. The Hall–Kier alpha value is -2.62. The second-order valence-electron chi connectivity index (χ2n) is 7.86. The van der Waals surface area contributed by atoms with E-state index in [1.165, 1.54) is 11.3 Å². The predicted octanol–water partition coefficient (Wildman–Crippen LogP) is 4.48. The molecule has 1 aliphatic rings. The van der Waals surface area contributed by atoms with Crippen LogP contribution in [0, 0.1) is 6.92 Å². The van der Waals surface area contributed by atoms with Gasteiger partial charge in [-0.25, -0.2) is 5.43 Å². The summed E-state index contributed by atoms with van der Waals surface area (Å²) in [6.45, 7) is 8.83. The average molecular weight is 349 g/mol. The normalized spacial score (nSPS) is 18.7. The van der Waals surface area contributed by atoms with Crippen molar-refractivity contribution >= 4 is 17.8 Å². The number of anilines is 1. The van der Waals surface area contributed by atoms with Crippen molar-refractivity contribution in [2.75, 3.05) is 11.9 Å². The summed E-state index contributed by atoms with van der Waals surface area (Å²) in [6.07, 6.45) is 2.82. The van der Waals surface area contributed by atoms with Crippen LogP contribution in [0.5, 0.6) is 0 Å². The van der Waals surface area contributed by atoms with Crippen LogP contribution in [0.25, 0.3) is 0 Å². The minimum Gasteiger partial charge on any atom is -0.369 e. The van der Waals surface area contributed by atoms with Gasteiger partial charge in [-0.05, 0) is 68.5 Å². The molecule has 1 amide bonds. The standard InChI is InChI=1S/C22H27N3O/c1-15-6-9-18(10-7-15)21(26)24-23-14-17-8-11-20-19(12-17)16(2)13-22(3,4)25(20)5/h6-12,14,16H,13H2,1-5H3,(H,24,26)/b23-14-/t16-/m0/s1. The Bertz CT molecular complexity index is 837. The van der Waals surface area contributed by atoms with Gasteiger partial charge in [-0.15, -0.1) is 0 Å².